The molecule has 6 nitrogen and oxygen atoms in total. The maximum absolute atomic E-state index is 12.7. The monoisotopic (exact) mass is 499 g/mol. The molecule has 1 aliphatic rings. The highest BCUT2D eigenvalue weighted by Crippen LogP contribution is 2.33. The molecule has 36 heavy (non-hydrogen) atoms. The van der Waals surface area contributed by atoms with Crippen molar-refractivity contribution in [1.82, 2.24) is 19.9 Å². The first-order valence-corrected chi connectivity index (χ1v) is 14.0. The highest BCUT2D eigenvalue weighted by atomic mass is 32.2. The lowest BCUT2D eigenvalue weighted by molar-refractivity contribution is 0.224. The van der Waals surface area contributed by atoms with E-state index in [0.29, 0.717) is 17.1 Å². The van der Waals surface area contributed by atoms with Gasteiger partial charge >= 0.3 is 0 Å². The van der Waals surface area contributed by atoms with Crippen LogP contribution in [0.1, 0.15) is 35.6 Å². The smallest absolute Gasteiger partial charge is 0.259 e. The average Bonchev–Trinajstić information content (AvgIpc) is 2.88. The molecule has 0 unspecified atom stereocenters. The molecule has 0 saturated carbocycles. The number of nitrogens with zero attached hydrogens (tertiary/aromatic N) is 3. The highest BCUT2D eigenvalue weighted by molar-refractivity contribution is 7.98. The van der Waals surface area contributed by atoms with E-state index in [9.17, 15) is 4.79 Å². The molecule has 0 amide bonds. The number of hydrogen-bond acceptors (Lipinski definition) is 6. The summed E-state index contributed by atoms with van der Waals surface area (Å²) in [6.07, 6.45) is 8.09. The fourth-order valence-electron chi connectivity index (χ4n) is 5.11. The third kappa shape index (κ3) is 5.32. The predicted octanol–water partition coefficient (Wildman–Crippen LogP) is 5.89. The maximum Gasteiger partial charge on any atom is 0.259 e. The molecule has 7 heteroatoms. The third-order valence-electron chi connectivity index (χ3n) is 7.13. The Hall–Kier alpha value is -3.16. The molecule has 2 N–H and O–H groups in total. The number of nitrogens with one attached hydrogen (secondary N) is 2. The lowest BCUT2D eigenvalue weighted by atomic mass is 9.86. The van der Waals surface area contributed by atoms with Gasteiger partial charge in [-0.2, -0.15) is 11.8 Å². The molecule has 0 aliphatic carbocycles. The first-order valence-electron chi connectivity index (χ1n) is 12.6. The van der Waals surface area contributed by atoms with E-state index in [1.807, 2.05) is 49.1 Å². The Labute approximate surface area is 216 Å². The number of thioether (sulfide) groups is 1. The van der Waals surface area contributed by atoms with E-state index in [-0.39, 0.29) is 5.56 Å². The number of piperidine rings is 1. The zero-order valence-electron chi connectivity index (χ0n) is 21.2. The molecule has 4 aromatic rings. The largest absolute Gasteiger partial charge is 0.340 e. The summed E-state index contributed by atoms with van der Waals surface area (Å²) in [7, 11) is 0. The SMILES string of the molecule is CSCCN1CCC(c2ccc(Nc3nc(-c4ccc(C)nc4)cc4cc[nH]c(=O)c34)cc2C)CC1. The number of aromatic amines is 1. The van der Waals surface area contributed by atoms with Crippen LogP contribution in [0.4, 0.5) is 11.5 Å². The topological polar surface area (TPSA) is 73.9 Å². The summed E-state index contributed by atoms with van der Waals surface area (Å²) in [4.78, 5) is 27.4. The summed E-state index contributed by atoms with van der Waals surface area (Å²) < 4.78 is 0. The van der Waals surface area contributed by atoms with Crippen molar-refractivity contribution < 1.29 is 0 Å². The number of hydrogen-bond donors (Lipinski definition) is 2. The van der Waals surface area contributed by atoms with Crippen LogP contribution < -0.4 is 10.9 Å². The van der Waals surface area contributed by atoms with Crippen LogP contribution in [0.5, 0.6) is 0 Å². The number of aryl methyl sites for hydroxylation is 2. The molecule has 1 saturated heterocycles. The van der Waals surface area contributed by atoms with E-state index in [4.69, 9.17) is 4.98 Å². The summed E-state index contributed by atoms with van der Waals surface area (Å²) in [6.45, 7) is 7.68. The van der Waals surface area contributed by atoms with Gasteiger partial charge in [-0.25, -0.2) is 4.98 Å². The average molecular weight is 500 g/mol. The minimum atomic E-state index is -0.155. The zero-order valence-corrected chi connectivity index (χ0v) is 22.0. The Morgan fingerprint density at radius 3 is 2.67 bits per heavy atom. The first kappa shape index (κ1) is 24.5. The van der Waals surface area contributed by atoms with Gasteiger partial charge in [0.1, 0.15) is 5.82 Å². The van der Waals surface area contributed by atoms with E-state index in [1.165, 1.54) is 49.4 Å². The van der Waals surface area contributed by atoms with Gasteiger partial charge in [0.2, 0.25) is 0 Å². The molecule has 1 aromatic carbocycles. The lowest BCUT2D eigenvalue weighted by Gasteiger charge is -2.32. The number of H-pyrrole nitrogens is 1. The van der Waals surface area contributed by atoms with E-state index in [2.05, 4.69) is 51.6 Å². The van der Waals surface area contributed by atoms with Gasteiger partial charge in [-0.1, -0.05) is 6.07 Å². The van der Waals surface area contributed by atoms with Gasteiger partial charge < -0.3 is 15.2 Å². The standard InChI is InChI=1S/C29H33N5OS/c1-19-16-24(6-7-25(19)21-9-12-34(13-10-21)14-15-36-3)32-28-27-22(8-11-30-29(27)35)17-26(33-28)23-5-4-20(2)31-18-23/h4-8,11,16-18,21H,9-10,12-15H2,1-3H3,(H,30,35)(H,32,33). The van der Waals surface area contributed by atoms with Crippen LogP contribution in [-0.2, 0) is 0 Å². The van der Waals surface area contributed by atoms with Crippen molar-refractivity contribution in [3.63, 3.8) is 0 Å². The normalized spacial score (nSPS) is 14.9. The molecule has 1 fully saturated rings. The van der Waals surface area contributed by atoms with Crippen LogP contribution in [0.3, 0.4) is 0 Å². The minimum Gasteiger partial charge on any atom is -0.340 e. The van der Waals surface area contributed by atoms with Gasteiger partial charge in [-0.3, -0.25) is 9.78 Å². The van der Waals surface area contributed by atoms with Gasteiger partial charge in [0, 0.05) is 41.6 Å². The second-order valence-corrected chi connectivity index (χ2v) is 10.6. The fraction of sp³-hybridized carbons (Fsp3) is 0.345. The predicted molar refractivity (Wildman–Crippen MR) is 152 cm³/mol. The number of pyridine rings is 3. The number of benzene rings is 1. The van der Waals surface area contributed by atoms with Gasteiger partial charge in [0.05, 0.1) is 11.1 Å². The summed E-state index contributed by atoms with van der Waals surface area (Å²) in [5.41, 5.74) is 6.14. The number of fused-ring (bicyclic) bond motifs is 1. The zero-order chi connectivity index (χ0) is 25.1. The van der Waals surface area contributed by atoms with Crippen molar-refractivity contribution in [1.29, 1.82) is 0 Å². The van der Waals surface area contributed by atoms with Crippen LogP contribution in [-0.4, -0.2) is 51.5 Å². The summed E-state index contributed by atoms with van der Waals surface area (Å²) in [5.74, 6) is 2.36. The van der Waals surface area contributed by atoms with Crippen LogP contribution in [0.2, 0.25) is 0 Å². The fourth-order valence-corrected chi connectivity index (χ4v) is 5.55. The van der Waals surface area contributed by atoms with Crippen LogP contribution in [0, 0.1) is 13.8 Å². The molecule has 4 heterocycles. The Balaban J connectivity index is 1.42. The molecule has 0 atom stereocenters. The second-order valence-electron chi connectivity index (χ2n) is 9.62. The van der Waals surface area contributed by atoms with Crippen molar-refractivity contribution in [2.24, 2.45) is 0 Å². The van der Waals surface area contributed by atoms with Gasteiger partial charge in [-0.15, -0.1) is 0 Å². The minimum absolute atomic E-state index is 0.155. The molecule has 0 spiro atoms. The first-order chi connectivity index (χ1) is 17.5. The Kier molecular flexibility index (Phi) is 7.39. The summed E-state index contributed by atoms with van der Waals surface area (Å²) in [5, 5.41) is 4.85. The Bertz CT molecular complexity index is 1410. The van der Waals surface area contributed by atoms with Crippen molar-refractivity contribution in [2.75, 3.05) is 37.0 Å². The number of aromatic nitrogens is 3. The number of rotatable bonds is 7. The molecular weight excluding hydrogens is 466 g/mol. The van der Waals surface area contributed by atoms with Crippen LogP contribution in [0.25, 0.3) is 22.0 Å². The summed E-state index contributed by atoms with van der Waals surface area (Å²) >= 11 is 1.92. The lowest BCUT2D eigenvalue weighted by Crippen LogP contribution is -2.34. The molecule has 186 valence electrons. The number of anilines is 2. The quantitative estimate of drug-likeness (QED) is 0.330. The van der Waals surface area contributed by atoms with Crippen molar-refractivity contribution >= 4 is 34.0 Å². The van der Waals surface area contributed by atoms with Crippen molar-refractivity contribution in [2.45, 2.75) is 32.6 Å². The van der Waals surface area contributed by atoms with E-state index >= 15 is 0 Å². The molecular formula is C29H33N5OS. The molecule has 5 rings (SSSR count). The van der Waals surface area contributed by atoms with Gasteiger partial charge in [0.25, 0.3) is 5.56 Å². The van der Waals surface area contributed by atoms with Gasteiger partial charge in [-0.05, 0) is 105 Å². The molecule has 0 radical (unpaired) electrons. The third-order valence-corrected chi connectivity index (χ3v) is 7.72. The summed E-state index contributed by atoms with van der Waals surface area (Å²) in [6, 6.07) is 14.4. The van der Waals surface area contributed by atoms with E-state index in [0.717, 1.165) is 28.0 Å². The second kappa shape index (κ2) is 10.8. The van der Waals surface area contributed by atoms with E-state index < -0.39 is 0 Å². The Morgan fingerprint density at radius 1 is 1.11 bits per heavy atom. The van der Waals surface area contributed by atoms with E-state index in [1.54, 1.807) is 6.20 Å². The van der Waals surface area contributed by atoms with Crippen molar-refractivity contribution in [3.8, 4) is 11.3 Å². The van der Waals surface area contributed by atoms with Crippen LogP contribution >= 0.6 is 11.8 Å². The number of likely N-dealkylation sites (tertiary alicyclic amines) is 1. The Morgan fingerprint density at radius 2 is 1.94 bits per heavy atom. The highest BCUT2D eigenvalue weighted by Gasteiger charge is 2.22. The molecule has 3 aromatic heterocycles. The maximum atomic E-state index is 12.7. The van der Waals surface area contributed by atoms with Crippen molar-refractivity contribution in [3.05, 3.63) is 82.0 Å². The van der Waals surface area contributed by atoms with Gasteiger partial charge in [0.15, 0.2) is 0 Å². The molecule has 1 aliphatic heterocycles. The molecule has 0 bridgehead atoms. The van der Waals surface area contributed by atoms with Crippen LogP contribution in [0.15, 0.2) is 59.7 Å².